The van der Waals surface area contributed by atoms with Gasteiger partial charge < -0.3 is 13.9 Å². The molecule has 0 fully saturated rings. The first-order chi connectivity index (χ1) is 13.1. The maximum atomic E-state index is 12.1. The van der Waals surface area contributed by atoms with Gasteiger partial charge in [0.1, 0.15) is 36.8 Å². The summed E-state index contributed by atoms with van der Waals surface area (Å²) in [4.78, 5) is 23.3. The molecule has 0 saturated carbocycles. The molecule has 1 heterocycles. The fourth-order valence-corrected chi connectivity index (χ4v) is 2.50. The second kappa shape index (κ2) is 8.85. The first-order valence-electron chi connectivity index (χ1n) is 8.60. The second-order valence-electron chi connectivity index (χ2n) is 6.16. The van der Waals surface area contributed by atoms with Crippen LogP contribution in [0.15, 0.2) is 76.1 Å². The van der Waals surface area contributed by atoms with E-state index in [-0.39, 0.29) is 23.6 Å². The summed E-state index contributed by atoms with van der Waals surface area (Å²) < 4.78 is 16.6. The molecule has 5 heteroatoms. The van der Waals surface area contributed by atoms with Crippen molar-refractivity contribution >= 4 is 5.78 Å². The average Bonchev–Trinajstić information content (AvgIpc) is 2.67. The van der Waals surface area contributed by atoms with Crippen molar-refractivity contribution in [3.05, 3.63) is 94.0 Å². The van der Waals surface area contributed by atoms with Crippen LogP contribution in [-0.4, -0.2) is 5.78 Å². The summed E-state index contributed by atoms with van der Waals surface area (Å²) in [6, 6.07) is 18.2. The fourth-order valence-electron chi connectivity index (χ4n) is 2.50. The van der Waals surface area contributed by atoms with E-state index in [2.05, 4.69) is 0 Å². The van der Waals surface area contributed by atoms with Crippen LogP contribution in [0, 0.1) is 0 Å². The van der Waals surface area contributed by atoms with E-state index in [1.807, 2.05) is 42.5 Å². The van der Waals surface area contributed by atoms with Gasteiger partial charge in [0.25, 0.3) is 0 Å². The Bertz CT molecular complexity index is 942. The topological polar surface area (TPSA) is 65.7 Å². The molecule has 3 rings (SSSR count). The third-order valence-corrected chi connectivity index (χ3v) is 3.85. The Labute approximate surface area is 157 Å². The van der Waals surface area contributed by atoms with Gasteiger partial charge in [-0.1, -0.05) is 42.5 Å². The molecule has 0 radical (unpaired) electrons. The maximum Gasteiger partial charge on any atom is 0.227 e. The van der Waals surface area contributed by atoms with Gasteiger partial charge in [-0.3, -0.25) is 9.59 Å². The highest BCUT2D eigenvalue weighted by Gasteiger charge is 2.06. The van der Waals surface area contributed by atoms with Crippen molar-refractivity contribution in [2.75, 3.05) is 0 Å². The van der Waals surface area contributed by atoms with Crippen molar-refractivity contribution in [3.8, 4) is 11.5 Å². The van der Waals surface area contributed by atoms with Crippen molar-refractivity contribution < 1.29 is 18.7 Å². The lowest BCUT2D eigenvalue weighted by atomic mass is 10.1. The average molecular weight is 364 g/mol. The first kappa shape index (κ1) is 18.5. The highest BCUT2D eigenvalue weighted by atomic mass is 16.5. The Kier molecular flexibility index (Phi) is 6.05. The van der Waals surface area contributed by atoms with E-state index in [1.54, 1.807) is 19.1 Å². The summed E-state index contributed by atoms with van der Waals surface area (Å²) in [5.41, 5.74) is 1.64. The largest absolute Gasteiger partial charge is 0.486 e. The molecule has 0 spiro atoms. The molecule has 0 bridgehead atoms. The van der Waals surface area contributed by atoms with Crippen LogP contribution in [-0.2, 0) is 24.4 Å². The first-order valence-corrected chi connectivity index (χ1v) is 8.60. The Morgan fingerprint density at radius 1 is 0.926 bits per heavy atom. The normalized spacial score (nSPS) is 10.4. The van der Waals surface area contributed by atoms with Crippen molar-refractivity contribution in [1.82, 2.24) is 0 Å². The van der Waals surface area contributed by atoms with E-state index in [0.29, 0.717) is 24.5 Å². The van der Waals surface area contributed by atoms with Crippen LogP contribution in [0.25, 0.3) is 0 Å². The highest BCUT2D eigenvalue weighted by molar-refractivity contribution is 5.78. The van der Waals surface area contributed by atoms with Crippen molar-refractivity contribution in [2.45, 2.75) is 26.6 Å². The molecule has 3 aromatic rings. The van der Waals surface area contributed by atoms with Crippen molar-refractivity contribution in [1.29, 1.82) is 0 Å². The van der Waals surface area contributed by atoms with Gasteiger partial charge in [-0.25, -0.2) is 0 Å². The molecular weight excluding hydrogens is 344 g/mol. The van der Waals surface area contributed by atoms with E-state index in [9.17, 15) is 9.59 Å². The lowest BCUT2D eigenvalue weighted by Crippen LogP contribution is -2.09. The SMILES string of the molecule is CC(=O)Cc1ccc(OCc2cc(=O)c(OCc3ccccc3)co2)cc1. The van der Waals surface area contributed by atoms with Gasteiger partial charge in [-0.05, 0) is 30.2 Å². The summed E-state index contributed by atoms with van der Waals surface area (Å²) in [5, 5.41) is 0. The lowest BCUT2D eigenvalue weighted by Gasteiger charge is -2.08. The van der Waals surface area contributed by atoms with Crippen LogP contribution >= 0.6 is 0 Å². The van der Waals surface area contributed by atoms with Gasteiger partial charge in [0.05, 0.1) is 0 Å². The summed E-state index contributed by atoms with van der Waals surface area (Å²) in [7, 11) is 0. The summed E-state index contributed by atoms with van der Waals surface area (Å²) in [6.45, 7) is 1.98. The van der Waals surface area contributed by atoms with E-state index in [0.717, 1.165) is 11.1 Å². The van der Waals surface area contributed by atoms with Gasteiger partial charge in [0.2, 0.25) is 11.2 Å². The molecule has 0 saturated heterocycles. The lowest BCUT2D eigenvalue weighted by molar-refractivity contribution is -0.116. The third-order valence-electron chi connectivity index (χ3n) is 3.85. The number of carbonyl (C=O) groups is 1. The zero-order valence-corrected chi connectivity index (χ0v) is 15.0. The van der Waals surface area contributed by atoms with Gasteiger partial charge in [0.15, 0.2) is 0 Å². The zero-order chi connectivity index (χ0) is 19.1. The predicted molar refractivity (Wildman–Crippen MR) is 101 cm³/mol. The fraction of sp³-hybridized carbons (Fsp3) is 0.182. The Hall–Kier alpha value is -3.34. The number of hydrogen-bond donors (Lipinski definition) is 0. The van der Waals surface area contributed by atoms with E-state index >= 15 is 0 Å². The summed E-state index contributed by atoms with van der Waals surface area (Å²) >= 11 is 0. The van der Waals surface area contributed by atoms with Crippen LogP contribution in [0.5, 0.6) is 11.5 Å². The van der Waals surface area contributed by atoms with Crippen LogP contribution < -0.4 is 14.9 Å². The monoisotopic (exact) mass is 364 g/mol. The second-order valence-corrected chi connectivity index (χ2v) is 6.16. The van der Waals surface area contributed by atoms with Crippen molar-refractivity contribution in [3.63, 3.8) is 0 Å². The molecule has 5 nitrogen and oxygen atoms in total. The van der Waals surface area contributed by atoms with Gasteiger partial charge in [-0.15, -0.1) is 0 Å². The minimum atomic E-state index is -0.257. The molecule has 138 valence electrons. The molecular formula is C22H20O5. The van der Waals surface area contributed by atoms with Crippen LogP contribution in [0.4, 0.5) is 0 Å². The van der Waals surface area contributed by atoms with E-state index in [4.69, 9.17) is 13.9 Å². The molecule has 0 N–H and O–H groups in total. The quantitative estimate of drug-likeness (QED) is 0.606. The summed E-state index contributed by atoms with van der Waals surface area (Å²) in [6.07, 6.45) is 1.71. The van der Waals surface area contributed by atoms with Crippen LogP contribution in [0.3, 0.4) is 0 Å². The number of carbonyl (C=O) groups excluding carboxylic acids is 1. The summed E-state index contributed by atoms with van der Waals surface area (Å²) in [5.74, 6) is 1.31. The number of ketones is 1. The zero-order valence-electron chi connectivity index (χ0n) is 15.0. The number of benzene rings is 2. The number of rotatable bonds is 8. The minimum Gasteiger partial charge on any atom is -0.486 e. The Balaban J connectivity index is 1.56. The molecule has 0 unspecified atom stereocenters. The molecule has 27 heavy (non-hydrogen) atoms. The Morgan fingerprint density at radius 2 is 1.67 bits per heavy atom. The number of hydrogen-bond acceptors (Lipinski definition) is 5. The highest BCUT2D eigenvalue weighted by Crippen LogP contribution is 2.15. The Morgan fingerprint density at radius 3 is 2.33 bits per heavy atom. The molecule has 2 aromatic carbocycles. The minimum absolute atomic E-state index is 0.111. The van der Waals surface area contributed by atoms with Crippen LogP contribution in [0.2, 0.25) is 0 Å². The third kappa shape index (κ3) is 5.57. The van der Waals surface area contributed by atoms with E-state index in [1.165, 1.54) is 12.3 Å². The van der Waals surface area contributed by atoms with Gasteiger partial charge >= 0.3 is 0 Å². The van der Waals surface area contributed by atoms with Crippen LogP contribution in [0.1, 0.15) is 23.8 Å². The molecule has 0 amide bonds. The number of Topliss-reactive ketones (excluding diaryl/α,β-unsaturated/α-hetero) is 1. The molecule has 0 atom stereocenters. The smallest absolute Gasteiger partial charge is 0.227 e. The molecule has 0 aliphatic rings. The number of ether oxygens (including phenoxy) is 2. The van der Waals surface area contributed by atoms with Crippen molar-refractivity contribution in [2.24, 2.45) is 0 Å². The van der Waals surface area contributed by atoms with E-state index < -0.39 is 0 Å². The predicted octanol–water partition coefficient (Wildman–Crippen LogP) is 3.93. The molecule has 0 aliphatic carbocycles. The maximum absolute atomic E-state index is 12.1. The molecule has 0 aliphatic heterocycles. The van der Waals surface area contributed by atoms with Gasteiger partial charge in [-0.2, -0.15) is 0 Å². The molecule has 1 aromatic heterocycles. The standard InChI is InChI=1S/C22H20O5/c1-16(23)11-17-7-9-19(10-8-17)25-14-20-12-21(24)22(15-26-20)27-13-18-5-3-2-4-6-18/h2-10,12,15H,11,13-14H2,1H3. The van der Waals surface area contributed by atoms with Gasteiger partial charge in [0, 0.05) is 12.5 Å².